The fraction of sp³-hybridized carbons (Fsp3) is 0.636. The van der Waals surface area contributed by atoms with Crippen molar-refractivity contribution in [3.05, 3.63) is 23.8 Å². The van der Waals surface area contributed by atoms with Gasteiger partial charge in [0.1, 0.15) is 0 Å². The summed E-state index contributed by atoms with van der Waals surface area (Å²) in [6.07, 6.45) is 1.36. The molecular weight excluding hydrogens is 290 g/mol. The molecule has 0 saturated heterocycles. The van der Waals surface area contributed by atoms with E-state index in [1.54, 1.807) is 0 Å². The van der Waals surface area contributed by atoms with Gasteiger partial charge in [0.15, 0.2) is 0 Å². The van der Waals surface area contributed by atoms with Crippen LogP contribution in [0.3, 0.4) is 0 Å². The molecule has 8 heteroatoms. The van der Waals surface area contributed by atoms with E-state index < -0.39 is 15.2 Å². The average Bonchev–Trinajstić information content (AvgIpc) is 2.44. The highest BCUT2D eigenvalue weighted by Crippen LogP contribution is 2.57. The van der Waals surface area contributed by atoms with Crippen LogP contribution < -0.4 is 0 Å². The Balaban J connectivity index is 4.40. The van der Waals surface area contributed by atoms with Gasteiger partial charge in [0, 0.05) is 39.1 Å². The third-order valence-electron chi connectivity index (χ3n) is 2.67. The van der Waals surface area contributed by atoms with E-state index in [9.17, 15) is 9.13 Å². The van der Waals surface area contributed by atoms with Crippen LogP contribution in [0.2, 0.25) is 0 Å². The Kier molecular flexibility index (Phi) is 8.06. The summed E-state index contributed by atoms with van der Waals surface area (Å²) < 4.78 is 43.2. The Morgan fingerprint density at radius 1 is 0.789 bits per heavy atom. The van der Waals surface area contributed by atoms with Crippen LogP contribution in [0.1, 0.15) is 19.3 Å². The first-order chi connectivity index (χ1) is 8.79. The van der Waals surface area contributed by atoms with Crippen molar-refractivity contribution in [3.8, 4) is 0 Å². The van der Waals surface area contributed by atoms with Crippen LogP contribution in [0.25, 0.3) is 0 Å². The predicted molar refractivity (Wildman–Crippen MR) is 75.4 cm³/mol. The number of allylic oxidation sites excluding steroid dienone is 2. The second-order valence-corrected chi connectivity index (χ2v) is 8.43. The van der Waals surface area contributed by atoms with Crippen molar-refractivity contribution in [3.63, 3.8) is 0 Å². The van der Waals surface area contributed by atoms with Crippen LogP contribution in [0.15, 0.2) is 23.8 Å². The highest BCUT2D eigenvalue weighted by atomic mass is 31.2. The molecule has 0 spiro atoms. The highest BCUT2D eigenvalue weighted by Gasteiger charge is 2.27. The second kappa shape index (κ2) is 8.15. The molecule has 0 aliphatic carbocycles. The van der Waals surface area contributed by atoms with Gasteiger partial charge in [-0.2, -0.15) is 0 Å². The Bertz CT molecular complexity index is 363. The molecule has 0 N–H and O–H groups in total. The van der Waals surface area contributed by atoms with Gasteiger partial charge in [0.2, 0.25) is 0 Å². The fourth-order valence-electron chi connectivity index (χ4n) is 1.44. The first kappa shape index (κ1) is 18.8. The van der Waals surface area contributed by atoms with E-state index in [1.807, 2.05) is 0 Å². The van der Waals surface area contributed by atoms with Crippen molar-refractivity contribution in [2.75, 3.05) is 28.4 Å². The average molecular weight is 312 g/mol. The molecule has 0 radical (unpaired) electrons. The zero-order valence-corrected chi connectivity index (χ0v) is 13.7. The molecule has 6 nitrogen and oxygen atoms in total. The lowest BCUT2D eigenvalue weighted by Gasteiger charge is -2.18. The number of hydrogen-bond acceptors (Lipinski definition) is 6. The fourth-order valence-corrected chi connectivity index (χ4v) is 3.63. The molecule has 0 heterocycles. The molecule has 0 amide bonds. The summed E-state index contributed by atoms with van der Waals surface area (Å²) in [4.78, 5) is 0. The number of rotatable bonds is 10. The van der Waals surface area contributed by atoms with E-state index in [4.69, 9.17) is 18.1 Å². The van der Waals surface area contributed by atoms with Crippen LogP contribution in [0.4, 0.5) is 0 Å². The molecule has 0 fully saturated rings. The molecule has 0 aliphatic rings. The Hall–Kier alpha value is -0.220. The van der Waals surface area contributed by atoms with Gasteiger partial charge in [0.25, 0.3) is 0 Å². The summed E-state index contributed by atoms with van der Waals surface area (Å²) in [7, 11) is -1.27. The summed E-state index contributed by atoms with van der Waals surface area (Å²) in [6.45, 7) is 7.39. The van der Waals surface area contributed by atoms with Gasteiger partial charge in [-0.1, -0.05) is 13.2 Å². The van der Waals surface area contributed by atoms with Crippen molar-refractivity contribution in [2.24, 2.45) is 0 Å². The van der Waals surface area contributed by atoms with Gasteiger partial charge in [-0.3, -0.25) is 9.13 Å². The van der Waals surface area contributed by atoms with E-state index in [0.717, 1.165) is 0 Å². The maximum Gasteiger partial charge on any atom is 0.356 e. The normalized spacial score (nSPS) is 12.4. The third kappa shape index (κ3) is 4.99. The van der Waals surface area contributed by atoms with Crippen molar-refractivity contribution in [1.29, 1.82) is 0 Å². The first-order valence-electron chi connectivity index (χ1n) is 5.59. The topological polar surface area (TPSA) is 71.1 Å². The lowest BCUT2D eigenvalue weighted by molar-refractivity contribution is 0.281. The molecule has 0 aromatic heterocycles. The molecule has 0 aromatic rings. The van der Waals surface area contributed by atoms with Crippen molar-refractivity contribution in [2.45, 2.75) is 19.3 Å². The quantitative estimate of drug-likeness (QED) is 0.564. The zero-order valence-electron chi connectivity index (χ0n) is 11.9. The Labute approximate surface area is 114 Å². The van der Waals surface area contributed by atoms with Gasteiger partial charge in [-0.15, -0.1) is 0 Å². The molecule has 0 bridgehead atoms. The Morgan fingerprint density at radius 2 is 1.05 bits per heavy atom. The zero-order chi connectivity index (χ0) is 15.1. The molecule has 0 rings (SSSR count). The summed E-state index contributed by atoms with van der Waals surface area (Å²) >= 11 is 0. The van der Waals surface area contributed by atoms with E-state index in [1.165, 1.54) is 28.4 Å². The van der Waals surface area contributed by atoms with Crippen LogP contribution in [0, 0.1) is 0 Å². The summed E-state index contributed by atoms with van der Waals surface area (Å²) in [6, 6.07) is 0. The Morgan fingerprint density at radius 3 is 1.26 bits per heavy atom. The van der Waals surface area contributed by atoms with Gasteiger partial charge >= 0.3 is 15.2 Å². The maximum absolute atomic E-state index is 12.0. The van der Waals surface area contributed by atoms with Gasteiger partial charge < -0.3 is 18.1 Å². The highest BCUT2D eigenvalue weighted by molar-refractivity contribution is 7.58. The first-order valence-corrected chi connectivity index (χ1v) is 8.68. The van der Waals surface area contributed by atoms with Crippen molar-refractivity contribution >= 4 is 15.2 Å². The standard InChI is InChI=1S/C11H22O6P2/c1-10(18(12,14-3)15-4)8-7-9-11(2)19(13,16-5)17-6/h1-2,7-9H2,3-6H3. The van der Waals surface area contributed by atoms with Crippen LogP contribution in [-0.2, 0) is 27.2 Å². The molecular formula is C11H22O6P2. The third-order valence-corrected chi connectivity index (χ3v) is 6.59. The largest absolute Gasteiger partial charge is 0.356 e. The van der Waals surface area contributed by atoms with Gasteiger partial charge in [0.05, 0.1) is 0 Å². The summed E-state index contributed by atoms with van der Waals surface area (Å²) in [5.74, 6) is 0. The van der Waals surface area contributed by atoms with E-state index in [-0.39, 0.29) is 0 Å². The maximum atomic E-state index is 12.0. The summed E-state index contributed by atoms with van der Waals surface area (Å²) in [5.41, 5.74) is 0. The van der Waals surface area contributed by atoms with Crippen molar-refractivity contribution < 1.29 is 27.2 Å². The lowest BCUT2D eigenvalue weighted by Crippen LogP contribution is -1.95. The minimum atomic E-state index is -3.24. The SMILES string of the molecule is C=C(CCCC(=C)P(=O)(OC)OC)P(=O)(OC)OC. The molecule has 0 atom stereocenters. The van der Waals surface area contributed by atoms with E-state index in [0.29, 0.717) is 29.9 Å². The summed E-state index contributed by atoms with van der Waals surface area (Å²) in [5, 5.41) is 0.741. The molecule has 0 aliphatic heterocycles. The molecule has 0 saturated carbocycles. The molecule has 0 aromatic carbocycles. The predicted octanol–water partition coefficient (Wildman–Crippen LogP) is 4.16. The van der Waals surface area contributed by atoms with Crippen molar-refractivity contribution in [1.82, 2.24) is 0 Å². The second-order valence-electron chi connectivity index (χ2n) is 3.71. The van der Waals surface area contributed by atoms with Crippen LogP contribution in [-0.4, -0.2) is 28.4 Å². The van der Waals surface area contributed by atoms with Gasteiger partial charge in [-0.05, 0) is 19.3 Å². The van der Waals surface area contributed by atoms with E-state index in [2.05, 4.69) is 13.2 Å². The minimum Gasteiger partial charge on any atom is -0.309 e. The molecule has 19 heavy (non-hydrogen) atoms. The lowest BCUT2D eigenvalue weighted by atomic mass is 10.2. The smallest absolute Gasteiger partial charge is 0.309 e. The molecule has 112 valence electrons. The van der Waals surface area contributed by atoms with Gasteiger partial charge in [-0.25, -0.2) is 0 Å². The molecule has 0 unspecified atom stereocenters. The van der Waals surface area contributed by atoms with Crippen LogP contribution >= 0.6 is 15.2 Å². The van der Waals surface area contributed by atoms with E-state index >= 15 is 0 Å². The number of hydrogen-bond donors (Lipinski definition) is 0. The minimum absolute atomic E-state index is 0.370. The van der Waals surface area contributed by atoms with Crippen LogP contribution in [0.5, 0.6) is 0 Å². The monoisotopic (exact) mass is 312 g/mol.